The summed E-state index contributed by atoms with van der Waals surface area (Å²) in [5.74, 6) is -0.687. The van der Waals surface area contributed by atoms with Crippen LogP contribution in [0.3, 0.4) is 0 Å². The van der Waals surface area contributed by atoms with Crippen molar-refractivity contribution in [3.05, 3.63) is 69.3 Å². The normalized spacial score (nSPS) is 11.9. The molecule has 3 aromatic rings. The Balaban J connectivity index is 1.85. The molecule has 3 rings (SSSR count). The molecule has 6 heteroatoms. The predicted octanol–water partition coefficient (Wildman–Crippen LogP) is 4.80. The molecule has 23 heavy (non-hydrogen) atoms. The predicted molar refractivity (Wildman–Crippen MR) is 91.7 cm³/mol. The fourth-order valence-corrected chi connectivity index (χ4v) is 3.60. The molecule has 1 atom stereocenters. The number of amides is 1. The molecule has 114 valence electrons. The van der Waals surface area contributed by atoms with Crippen molar-refractivity contribution in [2.75, 3.05) is 0 Å². The molecule has 0 spiro atoms. The van der Waals surface area contributed by atoms with Crippen LogP contribution in [-0.2, 0) is 0 Å². The van der Waals surface area contributed by atoms with E-state index in [1.165, 1.54) is 23.5 Å². The molecule has 1 unspecified atom stereocenters. The lowest BCUT2D eigenvalue weighted by Gasteiger charge is -2.11. The number of carbonyl (C=O) groups excluding carboxylic acids is 1. The third-order valence-corrected chi connectivity index (χ3v) is 4.88. The van der Waals surface area contributed by atoms with Crippen molar-refractivity contribution in [1.29, 1.82) is 5.26 Å². The fraction of sp³-hybridized carbons (Fsp3) is 0.0588. The summed E-state index contributed by atoms with van der Waals surface area (Å²) in [5.41, 5.74) is 0.697. The maximum Gasteiger partial charge on any atom is 0.262 e. The average Bonchev–Trinajstić information content (AvgIpc) is 2.95. The van der Waals surface area contributed by atoms with Gasteiger partial charge in [-0.1, -0.05) is 34.1 Å². The molecule has 0 bridgehead atoms. The number of halogens is 2. The van der Waals surface area contributed by atoms with Crippen molar-refractivity contribution in [1.82, 2.24) is 5.32 Å². The Kier molecular flexibility index (Phi) is 4.42. The van der Waals surface area contributed by atoms with Gasteiger partial charge in [-0.05, 0) is 41.3 Å². The first kappa shape index (κ1) is 15.7. The minimum atomic E-state index is -0.748. The molecule has 0 saturated carbocycles. The van der Waals surface area contributed by atoms with Crippen LogP contribution < -0.4 is 5.32 Å². The summed E-state index contributed by atoms with van der Waals surface area (Å²) in [6.07, 6.45) is 0. The number of nitrogens with zero attached hydrogens (tertiary/aromatic N) is 1. The van der Waals surface area contributed by atoms with E-state index in [4.69, 9.17) is 0 Å². The van der Waals surface area contributed by atoms with Crippen molar-refractivity contribution in [2.45, 2.75) is 6.04 Å². The van der Waals surface area contributed by atoms with E-state index in [9.17, 15) is 14.4 Å². The molecule has 3 nitrogen and oxygen atoms in total. The zero-order valence-electron chi connectivity index (χ0n) is 11.7. The molecule has 0 saturated heterocycles. The van der Waals surface area contributed by atoms with Gasteiger partial charge in [-0.25, -0.2) is 4.39 Å². The van der Waals surface area contributed by atoms with Crippen LogP contribution in [0.25, 0.3) is 10.1 Å². The molecular formula is C17H10BrFN2OS. The Morgan fingerprint density at radius 2 is 2.09 bits per heavy atom. The van der Waals surface area contributed by atoms with Crippen molar-refractivity contribution >= 4 is 43.3 Å². The number of hydrogen-bond acceptors (Lipinski definition) is 3. The van der Waals surface area contributed by atoms with E-state index in [1.807, 2.05) is 6.07 Å². The average molecular weight is 389 g/mol. The first-order valence-electron chi connectivity index (χ1n) is 6.72. The van der Waals surface area contributed by atoms with E-state index in [1.54, 1.807) is 30.3 Å². The van der Waals surface area contributed by atoms with Crippen LogP contribution in [0.15, 0.2) is 53.0 Å². The summed E-state index contributed by atoms with van der Waals surface area (Å²) < 4.78 is 14.8. The monoisotopic (exact) mass is 388 g/mol. The molecule has 0 radical (unpaired) electrons. The Labute approximate surface area is 144 Å². The summed E-state index contributed by atoms with van der Waals surface area (Å²) in [6.45, 7) is 0. The number of nitriles is 1. The van der Waals surface area contributed by atoms with Gasteiger partial charge in [0, 0.05) is 9.17 Å². The fourth-order valence-electron chi connectivity index (χ4n) is 2.20. The van der Waals surface area contributed by atoms with Gasteiger partial charge in [-0.15, -0.1) is 11.3 Å². The highest BCUT2D eigenvalue weighted by Crippen LogP contribution is 2.27. The summed E-state index contributed by atoms with van der Waals surface area (Å²) in [7, 11) is 0. The molecule has 0 fully saturated rings. The van der Waals surface area contributed by atoms with E-state index in [2.05, 4.69) is 27.3 Å². The SMILES string of the molecule is N#CC(NC(=O)c1cc2ccc(F)cc2s1)c1cccc(Br)c1. The largest absolute Gasteiger partial charge is 0.332 e. The Hall–Kier alpha value is -2.23. The number of hydrogen-bond donors (Lipinski definition) is 1. The van der Waals surface area contributed by atoms with Gasteiger partial charge in [0.05, 0.1) is 10.9 Å². The molecule has 1 amide bonds. The van der Waals surface area contributed by atoms with E-state index in [0.717, 1.165) is 9.86 Å². The molecule has 1 N–H and O–H groups in total. The quantitative estimate of drug-likeness (QED) is 0.700. The summed E-state index contributed by atoms with van der Waals surface area (Å²) in [5, 5.41) is 12.8. The Bertz CT molecular complexity index is 932. The zero-order valence-corrected chi connectivity index (χ0v) is 14.1. The molecule has 0 aliphatic heterocycles. The lowest BCUT2D eigenvalue weighted by molar-refractivity contribution is 0.0949. The van der Waals surface area contributed by atoms with Crippen LogP contribution >= 0.6 is 27.3 Å². The van der Waals surface area contributed by atoms with E-state index >= 15 is 0 Å². The third kappa shape index (κ3) is 3.41. The number of benzene rings is 2. The van der Waals surface area contributed by atoms with Crippen LogP contribution in [-0.4, -0.2) is 5.91 Å². The highest BCUT2D eigenvalue weighted by atomic mass is 79.9. The number of carbonyl (C=O) groups is 1. The van der Waals surface area contributed by atoms with Gasteiger partial charge in [-0.2, -0.15) is 5.26 Å². The Morgan fingerprint density at radius 1 is 1.26 bits per heavy atom. The van der Waals surface area contributed by atoms with Gasteiger partial charge in [0.15, 0.2) is 0 Å². The van der Waals surface area contributed by atoms with Gasteiger partial charge in [-0.3, -0.25) is 4.79 Å². The maximum atomic E-state index is 13.2. The van der Waals surface area contributed by atoms with E-state index < -0.39 is 6.04 Å². The molecule has 0 aliphatic carbocycles. The first-order chi connectivity index (χ1) is 11.1. The van der Waals surface area contributed by atoms with Crippen molar-refractivity contribution in [3.8, 4) is 6.07 Å². The highest BCUT2D eigenvalue weighted by molar-refractivity contribution is 9.10. The standard InChI is InChI=1S/C17H10BrFN2OS/c18-12-3-1-2-10(6-12)14(9-20)21-17(22)16-7-11-4-5-13(19)8-15(11)23-16/h1-8,14H,(H,21,22). The minimum absolute atomic E-state index is 0.338. The molecule has 1 aromatic heterocycles. The Morgan fingerprint density at radius 3 is 2.83 bits per heavy atom. The van der Waals surface area contributed by atoms with Crippen molar-refractivity contribution in [3.63, 3.8) is 0 Å². The van der Waals surface area contributed by atoms with E-state index in [0.29, 0.717) is 15.1 Å². The topological polar surface area (TPSA) is 52.9 Å². The second-order valence-corrected chi connectivity index (χ2v) is 6.88. The molecule has 1 heterocycles. The summed E-state index contributed by atoms with van der Waals surface area (Å²) >= 11 is 4.54. The van der Waals surface area contributed by atoms with Gasteiger partial charge in [0.1, 0.15) is 11.9 Å². The van der Waals surface area contributed by atoms with Crippen molar-refractivity contribution < 1.29 is 9.18 Å². The van der Waals surface area contributed by atoms with Crippen LogP contribution in [0, 0.1) is 17.1 Å². The smallest absolute Gasteiger partial charge is 0.262 e. The van der Waals surface area contributed by atoms with E-state index in [-0.39, 0.29) is 11.7 Å². The number of thiophene rings is 1. The van der Waals surface area contributed by atoms with Gasteiger partial charge < -0.3 is 5.32 Å². The first-order valence-corrected chi connectivity index (χ1v) is 8.33. The van der Waals surface area contributed by atoms with Gasteiger partial charge in [0.25, 0.3) is 5.91 Å². The second-order valence-electron chi connectivity index (χ2n) is 4.88. The lowest BCUT2D eigenvalue weighted by atomic mass is 10.1. The third-order valence-electron chi connectivity index (χ3n) is 3.29. The van der Waals surface area contributed by atoms with Crippen molar-refractivity contribution in [2.24, 2.45) is 0 Å². The van der Waals surface area contributed by atoms with Crippen LogP contribution in [0.2, 0.25) is 0 Å². The van der Waals surface area contributed by atoms with Crippen LogP contribution in [0.1, 0.15) is 21.3 Å². The minimum Gasteiger partial charge on any atom is -0.332 e. The van der Waals surface area contributed by atoms with Crippen LogP contribution in [0.5, 0.6) is 0 Å². The number of rotatable bonds is 3. The molecule has 2 aromatic carbocycles. The van der Waals surface area contributed by atoms with Gasteiger partial charge in [0.2, 0.25) is 0 Å². The molecule has 0 aliphatic rings. The number of nitrogens with one attached hydrogen (secondary N) is 1. The van der Waals surface area contributed by atoms with Crippen LogP contribution in [0.4, 0.5) is 4.39 Å². The molecular weight excluding hydrogens is 379 g/mol. The summed E-state index contributed by atoms with van der Waals surface area (Å²) in [4.78, 5) is 12.8. The highest BCUT2D eigenvalue weighted by Gasteiger charge is 2.17. The number of fused-ring (bicyclic) bond motifs is 1. The second kappa shape index (κ2) is 6.49. The lowest BCUT2D eigenvalue weighted by Crippen LogP contribution is -2.26. The summed E-state index contributed by atoms with van der Waals surface area (Å²) in [6, 6.07) is 14.6. The zero-order chi connectivity index (χ0) is 16.4. The maximum absolute atomic E-state index is 13.2. The van der Waals surface area contributed by atoms with Gasteiger partial charge >= 0.3 is 0 Å².